The highest BCUT2D eigenvalue weighted by Gasteiger charge is 2.30. The van der Waals surface area contributed by atoms with E-state index in [-0.39, 0.29) is 11.1 Å². The first-order chi connectivity index (χ1) is 8.97. The van der Waals surface area contributed by atoms with Crippen LogP contribution in [0.15, 0.2) is 11.2 Å². The summed E-state index contributed by atoms with van der Waals surface area (Å²) < 4.78 is 31.7. The van der Waals surface area contributed by atoms with Crippen LogP contribution >= 0.6 is 0 Å². The molecule has 1 aromatic heterocycles. The summed E-state index contributed by atoms with van der Waals surface area (Å²) in [6.07, 6.45) is 2.91. The molecule has 0 aliphatic heterocycles. The number of imidazole rings is 1. The molecule has 0 spiro atoms. The molecule has 1 aromatic rings. The van der Waals surface area contributed by atoms with Crippen LogP contribution in [0, 0.1) is 6.92 Å². The second kappa shape index (κ2) is 7.02. The van der Waals surface area contributed by atoms with Gasteiger partial charge in [0.1, 0.15) is 5.82 Å². The van der Waals surface area contributed by atoms with Gasteiger partial charge in [0.2, 0.25) is 0 Å². The van der Waals surface area contributed by atoms with Gasteiger partial charge in [-0.3, -0.25) is 0 Å². The van der Waals surface area contributed by atoms with E-state index in [0.717, 1.165) is 12.8 Å². The number of sulfonamides is 1. The number of methoxy groups -OCH3 is 1. The van der Waals surface area contributed by atoms with Crippen LogP contribution in [0.5, 0.6) is 0 Å². The lowest BCUT2D eigenvalue weighted by Crippen LogP contribution is -2.41. The van der Waals surface area contributed by atoms with Gasteiger partial charge in [0.15, 0.2) is 5.03 Å². The maximum absolute atomic E-state index is 12.6. The first-order valence-electron chi connectivity index (χ1n) is 6.49. The van der Waals surface area contributed by atoms with Crippen LogP contribution in [0.4, 0.5) is 0 Å². The first-order valence-corrected chi connectivity index (χ1v) is 7.93. The Bertz CT molecular complexity index is 480. The SMILES string of the molecule is CCC(CC)N(CCOC)S(=O)(=O)c1cnc(C)[nH]1. The molecule has 0 bridgehead atoms. The molecule has 110 valence electrons. The van der Waals surface area contributed by atoms with Gasteiger partial charge in [-0.25, -0.2) is 13.4 Å². The maximum Gasteiger partial charge on any atom is 0.260 e. The van der Waals surface area contributed by atoms with Crippen LogP contribution in [0.25, 0.3) is 0 Å². The monoisotopic (exact) mass is 289 g/mol. The first kappa shape index (κ1) is 16.1. The van der Waals surface area contributed by atoms with Gasteiger partial charge in [-0.05, 0) is 19.8 Å². The van der Waals surface area contributed by atoms with Crippen molar-refractivity contribution < 1.29 is 13.2 Å². The molecule has 19 heavy (non-hydrogen) atoms. The minimum absolute atomic E-state index is 0.0243. The summed E-state index contributed by atoms with van der Waals surface area (Å²) in [7, 11) is -1.97. The summed E-state index contributed by atoms with van der Waals surface area (Å²) >= 11 is 0. The topological polar surface area (TPSA) is 75.3 Å². The van der Waals surface area contributed by atoms with Crippen molar-refractivity contribution in [2.45, 2.75) is 44.7 Å². The smallest absolute Gasteiger partial charge is 0.260 e. The summed E-state index contributed by atoms with van der Waals surface area (Å²) in [5.41, 5.74) is 0. The van der Waals surface area contributed by atoms with Gasteiger partial charge in [-0.2, -0.15) is 4.31 Å². The molecule has 0 aromatic carbocycles. The average molecular weight is 289 g/mol. The minimum Gasteiger partial charge on any atom is -0.383 e. The molecule has 1 rings (SSSR count). The highest BCUT2D eigenvalue weighted by Crippen LogP contribution is 2.19. The van der Waals surface area contributed by atoms with Crippen molar-refractivity contribution >= 4 is 10.0 Å². The zero-order valence-electron chi connectivity index (χ0n) is 12.0. The van der Waals surface area contributed by atoms with Crippen molar-refractivity contribution in [2.75, 3.05) is 20.3 Å². The predicted molar refractivity (Wildman–Crippen MR) is 73.5 cm³/mol. The van der Waals surface area contributed by atoms with Gasteiger partial charge in [0.05, 0.1) is 12.8 Å². The molecule has 0 saturated heterocycles. The standard InChI is InChI=1S/C12H23N3O3S/c1-5-11(6-2)15(7-8-18-4)19(16,17)12-9-13-10(3)14-12/h9,11H,5-8H2,1-4H3,(H,13,14). The third kappa shape index (κ3) is 3.77. The Morgan fingerprint density at radius 2 is 2.05 bits per heavy atom. The summed E-state index contributed by atoms with van der Waals surface area (Å²) in [6, 6.07) is -0.0243. The number of aromatic nitrogens is 2. The van der Waals surface area contributed by atoms with Crippen LogP contribution < -0.4 is 0 Å². The Labute approximate surface area is 115 Å². The molecule has 0 saturated carbocycles. The third-order valence-electron chi connectivity index (χ3n) is 3.13. The van der Waals surface area contributed by atoms with Crippen molar-refractivity contribution in [3.8, 4) is 0 Å². The quantitative estimate of drug-likeness (QED) is 0.787. The van der Waals surface area contributed by atoms with Crippen molar-refractivity contribution in [3.63, 3.8) is 0 Å². The van der Waals surface area contributed by atoms with Crippen molar-refractivity contribution in [1.29, 1.82) is 0 Å². The summed E-state index contributed by atoms with van der Waals surface area (Å²) in [5.74, 6) is 0.592. The van der Waals surface area contributed by atoms with Gasteiger partial charge >= 0.3 is 0 Å². The Balaban J connectivity index is 3.07. The molecule has 1 N–H and O–H groups in total. The van der Waals surface area contributed by atoms with Crippen molar-refractivity contribution in [3.05, 3.63) is 12.0 Å². The fourth-order valence-corrected chi connectivity index (χ4v) is 3.75. The normalized spacial score (nSPS) is 12.5. The van der Waals surface area contributed by atoms with E-state index < -0.39 is 10.0 Å². The fourth-order valence-electron chi connectivity index (χ4n) is 2.03. The Morgan fingerprint density at radius 3 is 2.47 bits per heavy atom. The molecule has 0 unspecified atom stereocenters. The molecule has 7 heteroatoms. The van der Waals surface area contributed by atoms with Gasteiger partial charge < -0.3 is 9.72 Å². The lowest BCUT2D eigenvalue weighted by Gasteiger charge is -2.28. The second-order valence-electron chi connectivity index (χ2n) is 4.41. The zero-order chi connectivity index (χ0) is 14.5. The Hall–Kier alpha value is -0.920. The number of nitrogens with one attached hydrogen (secondary N) is 1. The van der Waals surface area contributed by atoms with Crippen LogP contribution in [-0.2, 0) is 14.8 Å². The van der Waals surface area contributed by atoms with E-state index >= 15 is 0 Å². The fraction of sp³-hybridized carbons (Fsp3) is 0.750. The summed E-state index contributed by atoms with van der Waals surface area (Å²) in [4.78, 5) is 6.76. The second-order valence-corrected chi connectivity index (χ2v) is 6.27. The van der Waals surface area contributed by atoms with Gasteiger partial charge in [0, 0.05) is 19.7 Å². The Kier molecular flexibility index (Phi) is 5.96. The van der Waals surface area contributed by atoms with Gasteiger partial charge in [-0.1, -0.05) is 13.8 Å². The summed E-state index contributed by atoms with van der Waals surface area (Å²) in [5, 5.41) is 0.146. The Morgan fingerprint density at radius 1 is 1.42 bits per heavy atom. The molecule has 0 amide bonds. The predicted octanol–water partition coefficient (Wildman–Crippen LogP) is 1.54. The van der Waals surface area contributed by atoms with E-state index in [4.69, 9.17) is 4.74 Å². The van der Waals surface area contributed by atoms with E-state index in [9.17, 15) is 8.42 Å². The van der Waals surface area contributed by atoms with Crippen molar-refractivity contribution in [1.82, 2.24) is 14.3 Å². The molecule has 0 aliphatic carbocycles. The average Bonchev–Trinajstić information content (AvgIpc) is 2.81. The highest BCUT2D eigenvalue weighted by molar-refractivity contribution is 7.89. The number of ether oxygens (including phenoxy) is 1. The molecular weight excluding hydrogens is 266 g/mol. The molecule has 6 nitrogen and oxygen atoms in total. The molecule has 0 fully saturated rings. The summed E-state index contributed by atoms with van der Waals surface area (Å²) in [6.45, 7) is 6.44. The lowest BCUT2D eigenvalue weighted by molar-refractivity contribution is 0.163. The van der Waals surface area contributed by atoms with Gasteiger partial charge in [-0.15, -0.1) is 0 Å². The molecule has 0 aliphatic rings. The van der Waals surface area contributed by atoms with E-state index in [1.54, 1.807) is 14.0 Å². The number of hydrogen-bond acceptors (Lipinski definition) is 4. The largest absolute Gasteiger partial charge is 0.383 e. The van der Waals surface area contributed by atoms with Crippen LogP contribution in [0.1, 0.15) is 32.5 Å². The molecule has 0 radical (unpaired) electrons. The third-order valence-corrected chi connectivity index (χ3v) is 4.99. The number of rotatable bonds is 8. The number of H-pyrrole nitrogens is 1. The number of aromatic amines is 1. The van der Waals surface area contributed by atoms with E-state index in [2.05, 4.69) is 9.97 Å². The minimum atomic E-state index is -3.54. The van der Waals surface area contributed by atoms with Crippen LogP contribution in [0.3, 0.4) is 0 Å². The van der Waals surface area contributed by atoms with E-state index in [0.29, 0.717) is 19.0 Å². The number of hydrogen-bond donors (Lipinski definition) is 1. The van der Waals surface area contributed by atoms with E-state index in [1.807, 2.05) is 13.8 Å². The lowest BCUT2D eigenvalue weighted by atomic mass is 10.2. The molecule has 0 atom stereocenters. The highest BCUT2D eigenvalue weighted by atomic mass is 32.2. The molecular formula is C12H23N3O3S. The number of nitrogens with zero attached hydrogens (tertiary/aromatic N) is 2. The van der Waals surface area contributed by atoms with Gasteiger partial charge in [0.25, 0.3) is 10.0 Å². The molecule has 1 heterocycles. The van der Waals surface area contributed by atoms with Crippen molar-refractivity contribution in [2.24, 2.45) is 0 Å². The maximum atomic E-state index is 12.6. The number of aryl methyl sites for hydroxylation is 1. The van der Waals surface area contributed by atoms with Crippen LogP contribution in [0.2, 0.25) is 0 Å². The van der Waals surface area contributed by atoms with Crippen LogP contribution in [-0.4, -0.2) is 49.0 Å². The van der Waals surface area contributed by atoms with E-state index in [1.165, 1.54) is 10.5 Å². The zero-order valence-corrected chi connectivity index (χ0v) is 12.8.